The van der Waals surface area contributed by atoms with Gasteiger partial charge in [0.15, 0.2) is 0 Å². The predicted molar refractivity (Wildman–Crippen MR) is 103 cm³/mol. The fourth-order valence-corrected chi connectivity index (χ4v) is 2.92. The lowest BCUT2D eigenvalue weighted by molar-refractivity contribution is 0.562. The summed E-state index contributed by atoms with van der Waals surface area (Å²) >= 11 is 4.91. The number of fused-ring (bicyclic) bond motifs is 1. The van der Waals surface area contributed by atoms with E-state index in [-0.39, 0.29) is 0 Å². The van der Waals surface area contributed by atoms with Crippen LogP contribution in [0, 0.1) is 0 Å². The smallest absolute Gasteiger partial charge is 0.144 e. The predicted octanol–water partition coefficient (Wildman–Crippen LogP) is 4.23. The Morgan fingerprint density at radius 1 is 1.24 bits per heavy atom. The van der Waals surface area contributed by atoms with Gasteiger partial charge in [-0.3, -0.25) is 9.97 Å². The number of aromatic nitrogens is 3. The molecule has 0 aliphatic rings. The molecule has 0 amide bonds. The molecule has 0 saturated carbocycles. The summed E-state index contributed by atoms with van der Waals surface area (Å²) in [4.78, 5) is 13.1. The van der Waals surface area contributed by atoms with Crippen molar-refractivity contribution >= 4 is 40.1 Å². The molecule has 0 bridgehead atoms. The van der Waals surface area contributed by atoms with Crippen LogP contribution in [0.15, 0.2) is 47.3 Å². The molecule has 0 spiro atoms. The lowest BCUT2D eigenvalue weighted by atomic mass is 10.1. The van der Waals surface area contributed by atoms with Gasteiger partial charge in [0.1, 0.15) is 21.8 Å². The van der Waals surface area contributed by atoms with Crippen LogP contribution in [-0.2, 0) is 11.4 Å². The minimum absolute atomic E-state index is 0.434. The second-order valence-electron chi connectivity index (χ2n) is 6.42. The summed E-state index contributed by atoms with van der Waals surface area (Å²) < 4.78 is 16.0. The van der Waals surface area contributed by atoms with Gasteiger partial charge >= 0.3 is 0 Å². The zero-order valence-corrected chi connectivity index (χ0v) is 15.7. The Labute approximate surface area is 154 Å². The maximum Gasteiger partial charge on any atom is 0.144 e. The van der Waals surface area contributed by atoms with Gasteiger partial charge in [-0.2, -0.15) is 0 Å². The largest absolute Gasteiger partial charge is 0.591 e. The summed E-state index contributed by atoms with van der Waals surface area (Å²) in [6, 6.07) is 7.50. The third kappa shape index (κ3) is 3.98. The van der Waals surface area contributed by atoms with Crippen molar-refractivity contribution in [1.82, 2.24) is 15.0 Å². The van der Waals surface area contributed by atoms with Crippen molar-refractivity contribution in [1.29, 1.82) is 0 Å². The second-order valence-corrected chi connectivity index (χ2v) is 8.77. The van der Waals surface area contributed by atoms with Crippen LogP contribution in [0.2, 0.25) is 5.02 Å². The number of para-hydroxylation sites is 1. The molecule has 0 N–H and O–H groups in total. The Morgan fingerprint density at radius 2 is 2.04 bits per heavy atom. The molecule has 0 aliphatic carbocycles. The van der Waals surface area contributed by atoms with E-state index in [1.165, 1.54) is 0 Å². The van der Waals surface area contributed by atoms with E-state index in [0.717, 1.165) is 5.39 Å². The van der Waals surface area contributed by atoms with Crippen LogP contribution >= 0.6 is 11.6 Å². The first-order valence-electron chi connectivity index (χ1n) is 7.68. The first-order chi connectivity index (χ1) is 11.9. The zero-order valence-electron chi connectivity index (χ0n) is 14.1. The van der Waals surface area contributed by atoms with Crippen molar-refractivity contribution in [2.24, 2.45) is 4.40 Å². The van der Waals surface area contributed by atoms with Crippen LogP contribution in [0.1, 0.15) is 26.3 Å². The SMILES string of the molecule is CC(C)(C)[S+]([O-])/N=C/c1cc2cccc(Cl)c2nc1-c1cnccn1. The average molecular weight is 373 g/mol. The molecule has 1 aromatic carbocycles. The standard InChI is InChI=1S/C18H17ClN4OS/c1-18(2,3)25(24)22-10-13-9-12-5-4-6-14(19)16(12)23-17(13)15-11-20-7-8-21-15/h4-11H,1-3H3/b22-10+. The number of rotatable bonds is 3. The Bertz CT molecular complexity index is 926. The van der Waals surface area contributed by atoms with Crippen LogP contribution in [0.4, 0.5) is 0 Å². The van der Waals surface area contributed by atoms with E-state index < -0.39 is 16.1 Å². The summed E-state index contributed by atoms with van der Waals surface area (Å²) in [6.45, 7) is 5.63. The second kappa shape index (κ2) is 7.07. The molecule has 1 unspecified atom stereocenters. The zero-order chi connectivity index (χ0) is 18.0. The van der Waals surface area contributed by atoms with Gasteiger partial charge in [-0.25, -0.2) is 4.98 Å². The molecule has 128 valence electrons. The monoisotopic (exact) mass is 372 g/mol. The van der Waals surface area contributed by atoms with Gasteiger partial charge in [0, 0.05) is 23.3 Å². The van der Waals surface area contributed by atoms with Crippen molar-refractivity contribution in [3.8, 4) is 11.4 Å². The van der Waals surface area contributed by atoms with Crippen molar-refractivity contribution < 1.29 is 4.55 Å². The quantitative estimate of drug-likeness (QED) is 0.509. The molecule has 3 rings (SSSR count). The number of pyridine rings is 1. The van der Waals surface area contributed by atoms with Gasteiger partial charge in [-0.15, -0.1) is 0 Å². The summed E-state index contributed by atoms with van der Waals surface area (Å²) in [5, 5.41) is 1.44. The highest BCUT2D eigenvalue weighted by Gasteiger charge is 2.26. The lowest BCUT2D eigenvalue weighted by Crippen LogP contribution is -2.25. The normalized spacial score (nSPS) is 13.5. The Kier molecular flexibility index (Phi) is 5.03. The van der Waals surface area contributed by atoms with Gasteiger partial charge in [0.25, 0.3) is 0 Å². The van der Waals surface area contributed by atoms with E-state index in [0.29, 0.717) is 27.5 Å². The van der Waals surface area contributed by atoms with E-state index >= 15 is 0 Å². The summed E-state index contributed by atoms with van der Waals surface area (Å²) in [6.07, 6.45) is 6.41. The van der Waals surface area contributed by atoms with Crippen molar-refractivity contribution in [2.45, 2.75) is 25.5 Å². The molecular formula is C18H17ClN4OS. The van der Waals surface area contributed by atoms with E-state index in [1.54, 1.807) is 30.9 Å². The third-order valence-corrected chi connectivity index (χ3v) is 5.09. The van der Waals surface area contributed by atoms with Crippen molar-refractivity contribution in [3.05, 3.63) is 53.4 Å². The van der Waals surface area contributed by atoms with Gasteiger partial charge in [-0.1, -0.05) is 28.1 Å². The maximum absolute atomic E-state index is 12.2. The fourth-order valence-electron chi connectivity index (χ4n) is 2.17. The molecule has 0 radical (unpaired) electrons. The van der Waals surface area contributed by atoms with Crippen LogP contribution in [0.5, 0.6) is 0 Å². The molecule has 25 heavy (non-hydrogen) atoms. The summed E-state index contributed by atoms with van der Waals surface area (Å²) in [7, 11) is 0. The Balaban J connectivity index is 2.17. The molecule has 0 fully saturated rings. The lowest BCUT2D eigenvalue weighted by Gasteiger charge is -2.17. The minimum Gasteiger partial charge on any atom is -0.591 e. The summed E-state index contributed by atoms with van der Waals surface area (Å²) in [5.41, 5.74) is 2.60. The van der Waals surface area contributed by atoms with Gasteiger partial charge < -0.3 is 4.55 Å². The average Bonchev–Trinajstić information content (AvgIpc) is 2.59. The van der Waals surface area contributed by atoms with E-state index in [2.05, 4.69) is 19.3 Å². The number of hydrogen-bond acceptors (Lipinski definition) is 5. The number of benzene rings is 1. The van der Waals surface area contributed by atoms with Crippen LogP contribution in [0.25, 0.3) is 22.3 Å². The van der Waals surface area contributed by atoms with E-state index in [1.807, 2.05) is 39.0 Å². The van der Waals surface area contributed by atoms with Crippen LogP contribution < -0.4 is 0 Å². The first kappa shape index (κ1) is 17.8. The van der Waals surface area contributed by atoms with Gasteiger partial charge in [0.2, 0.25) is 0 Å². The van der Waals surface area contributed by atoms with Crippen LogP contribution in [0.3, 0.4) is 0 Å². The molecule has 2 heterocycles. The van der Waals surface area contributed by atoms with Crippen molar-refractivity contribution in [2.75, 3.05) is 0 Å². The number of halogens is 1. The maximum atomic E-state index is 12.2. The molecule has 5 nitrogen and oxygen atoms in total. The number of hydrogen-bond donors (Lipinski definition) is 0. The Morgan fingerprint density at radius 3 is 2.72 bits per heavy atom. The fraction of sp³-hybridized carbons (Fsp3) is 0.222. The topological polar surface area (TPSA) is 74.1 Å². The highest BCUT2D eigenvalue weighted by Crippen LogP contribution is 2.27. The van der Waals surface area contributed by atoms with E-state index in [4.69, 9.17) is 11.6 Å². The highest BCUT2D eigenvalue weighted by molar-refractivity contribution is 7.91. The molecule has 7 heteroatoms. The van der Waals surface area contributed by atoms with E-state index in [9.17, 15) is 4.55 Å². The van der Waals surface area contributed by atoms with Crippen molar-refractivity contribution in [3.63, 3.8) is 0 Å². The molecule has 0 aliphatic heterocycles. The first-order valence-corrected chi connectivity index (χ1v) is 9.16. The van der Waals surface area contributed by atoms with Crippen LogP contribution in [-0.4, -0.2) is 30.5 Å². The number of nitrogens with zero attached hydrogens (tertiary/aromatic N) is 4. The third-order valence-electron chi connectivity index (χ3n) is 3.44. The summed E-state index contributed by atoms with van der Waals surface area (Å²) in [5.74, 6) is 0. The molecular weight excluding hydrogens is 356 g/mol. The molecule has 0 saturated heterocycles. The minimum atomic E-state index is -1.36. The highest BCUT2D eigenvalue weighted by atomic mass is 35.5. The molecule has 2 aromatic heterocycles. The molecule has 3 aromatic rings. The molecule has 1 atom stereocenters. The van der Waals surface area contributed by atoms with Gasteiger partial charge in [0.05, 0.1) is 28.6 Å². The Hall–Kier alpha value is -2.02. The van der Waals surface area contributed by atoms with Gasteiger partial charge in [-0.05, 0) is 32.9 Å².